The minimum Gasteiger partial charge on any atom is -0.372 e. The highest BCUT2D eigenvalue weighted by Gasteiger charge is 2.30. The van der Waals surface area contributed by atoms with Crippen LogP contribution in [0.1, 0.15) is 42.6 Å². The molecule has 0 bridgehead atoms. The number of amides is 1. The third-order valence-electron chi connectivity index (χ3n) is 3.89. The molecular formula is C15H20N2O. The summed E-state index contributed by atoms with van der Waals surface area (Å²) in [5.74, 6) is 0.0641. The zero-order valence-corrected chi connectivity index (χ0v) is 11.1. The third kappa shape index (κ3) is 1.98. The topological polar surface area (TPSA) is 32.3 Å². The van der Waals surface area contributed by atoms with E-state index in [0.717, 1.165) is 25.1 Å². The van der Waals surface area contributed by atoms with Crippen LogP contribution in [0.3, 0.4) is 0 Å². The van der Waals surface area contributed by atoms with E-state index in [0.29, 0.717) is 0 Å². The Labute approximate surface area is 108 Å². The molecule has 3 heteroatoms. The standard InChI is InChI=1S/C15H20N2O/c1-15(2)10-11-9-12(17-7-3-4-8-17)5-6-13(11)14(18)16-15/h5-6,9H,3-4,7-8,10H2,1-2H3,(H,16,18). The Balaban J connectivity index is 1.96. The predicted molar refractivity (Wildman–Crippen MR) is 73.1 cm³/mol. The summed E-state index contributed by atoms with van der Waals surface area (Å²) in [5.41, 5.74) is 3.18. The van der Waals surface area contributed by atoms with Crippen molar-refractivity contribution < 1.29 is 4.79 Å². The summed E-state index contributed by atoms with van der Waals surface area (Å²) in [6.45, 7) is 6.45. The number of hydrogen-bond acceptors (Lipinski definition) is 2. The maximum Gasteiger partial charge on any atom is 0.251 e. The molecule has 0 saturated carbocycles. The lowest BCUT2D eigenvalue weighted by Crippen LogP contribution is -2.49. The quantitative estimate of drug-likeness (QED) is 0.822. The summed E-state index contributed by atoms with van der Waals surface area (Å²) >= 11 is 0. The van der Waals surface area contributed by atoms with Crippen molar-refractivity contribution in [3.8, 4) is 0 Å². The Hall–Kier alpha value is -1.51. The van der Waals surface area contributed by atoms with E-state index in [1.165, 1.54) is 24.1 Å². The second kappa shape index (κ2) is 4.01. The summed E-state index contributed by atoms with van der Waals surface area (Å²) in [6.07, 6.45) is 3.47. The van der Waals surface area contributed by atoms with Gasteiger partial charge in [-0.15, -0.1) is 0 Å². The second-order valence-corrected chi connectivity index (χ2v) is 6.05. The lowest BCUT2D eigenvalue weighted by molar-refractivity contribution is 0.0897. The van der Waals surface area contributed by atoms with Crippen LogP contribution in [-0.4, -0.2) is 24.5 Å². The summed E-state index contributed by atoms with van der Waals surface area (Å²) in [5, 5.41) is 3.05. The van der Waals surface area contributed by atoms with Gasteiger partial charge in [0, 0.05) is 29.9 Å². The van der Waals surface area contributed by atoms with Crippen LogP contribution in [0.5, 0.6) is 0 Å². The van der Waals surface area contributed by atoms with Gasteiger partial charge in [-0.2, -0.15) is 0 Å². The third-order valence-corrected chi connectivity index (χ3v) is 3.89. The van der Waals surface area contributed by atoms with Crippen molar-refractivity contribution in [1.29, 1.82) is 0 Å². The first kappa shape index (κ1) is 11.6. The van der Waals surface area contributed by atoms with E-state index in [4.69, 9.17) is 0 Å². The van der Waals surface area contributed by atoms with E-state index in [1.807, 2.05) is 6.07 Å². The largest absolute Gasteiger partial charge is 0.372 e. The molecule has 0 spiro atoms. The molecule has 0 unspecified atom stereocenters. The molecule has 0 aliphatic carbocycles. The lowest BCUT2D eigenvalue weighted by atomic mass is 9.87. The maximum absolute atomic E-state index is 12.0. The van der Waals surface area contributed by atoms with Crippen molar-refractivity contribution in [1.82, 2.24) is 5.32 Å². The predicted octanol–water partition coefficient (Wildman–Crippen LogP) is 2.35. The van der Waals surface area contributed by atoms with Crippen molar-refractivity contribution in [2.45, 2.75) is 38.6 Å². The van der Waals surface area contributed by atoms with Crippen molar-refractivity contribution in [3.63, 3.8) is 0 Å². The van der Waals surface area contributed by atoms with Crippen molar-refractivity contribution in [2.24, 2.45) is 0 Å². The molecule has 0 aromatic heterocycles. The molecule has 2 aliphatic heterocycles. The fourth-order valence-electron chi connectivity index (χ4n) is 3.01. The van der Waals surface area contributed by atoms with E-state index >= 15 is 0 Å². The number of carbonyl (C=O) groups excluding carboxylic acids is 1. The van der Waals surface area contributed by atoms with Crippen molar-refractivity contribution >= 4 is 11.6 Å². The van der Waals surface area contributed by atoms with Crippen LogP contribution in [-0.2, 0) is 6.42 Å². The van der Waals surface area contributed by atoms with Crippen molar-refractivity contribution in [2.75, 3.05) is 18.0 Å². The fraction of sp³-hybridized carbons (Fsp3) is 0.533. The van der Waals surface area contributed by atoms with Gasteiger partial charge in [-0.3, -0.25) is 4.79 Å². The lowest BCUT2D eigenvalue weighted by Gasteiger charge is -2.33. The Kier molecular flexibility index (Phi) is 2.58. The second-order valence-electron chi connectivity index (χ2n) is 6.05. The van der Waals surface area contributed by atoms with E-state index in [-0.39, 0.29) is 11.4 Å². The van der Waals surface area contributed by atoms with Gasteiger partial charge < -0.3 is 10.2 Å². The molecule has 1 amide bonds. The minimum absolute atomic E-state index is 0.0641. The number of rotatable bonds is 1. The molecule has 1 aromatic rings. The Morgan fingerprint density at radius 3 is 2.67 bits per heavy atom. The molecule has 3 rings (SSSR count). The summed E-state index contributed by atoms with van der Waals surface area (Å²) in [6, 6.07) is 6.27. The molecule has 0 radical (unpaired) electrons. The van der Waals surface area contributed by atoms with Crippen LogP contribution < -0.4 is 10.2 Å². The molecule has 96 valence electrons. The van der Waals surface area contributed by atoms with Gasteiger partial charge in [0.25, 0.3) is 5.91 Å². The summed E-state index contributed by atoms with van der Waals surface area (Å²) in [7, 11) is 0. The van der Waals surface area contributed by atoms with E-state index in [1.54, 1.807) is 0 Å². The molecular weight excluding hydrogens is 224 g/mol. The van der Waals surface area contributed by atoms with Gasteiger partial charge in [-0.05, 0) is 56.9 Å². The first-order valence-corrected chi connectivity index (χ1v) is 6.76. The van der Waals surface area contributed by atoms with E-state index < -0.39 is 0 Å². The zero-order chi connectivity index (χ0) is 12.8. The molecule has 1 N–H and O–H groups in total. The Morgan fingerprint density at radius 2 is 1.94 bits per heavy atom. The first-order chi connectivity index (χ1) is 8.55. The highest BCUT2D eigenvalue weighted by atomic mass is 16.1. The molecule has 1 saturated heterocycles. The van der Waals surface area contributed by atoms with E-state index in [9.17, 15) is 4.79 Å². The molecule has 1 aromatic carbocycles. The first-order valence-electron chi connectivity index (χ1n) is 6.76. The van der Waals surface area contributed by atoms with Crippen LogP contribution in [0.4, 0.5) is 5.69 Å². The van der Waals surface area contributed by atoms with Gasteiger partial charge in [0.15, 0.2) is 0 Å². The van der Waals surface area contributed by atoms with Gasteiger partial charge in [0.1, 0.15) is 0 Å². The Morgan fingerprint density at radius 1 is 1.22 bits per heavy atom. The van der Waals surface area contributed by atoms with Crippen LogP contribution in [0.15, 0.2) is 18.2 Å². The molecule has 2 aliphatic rings. The SMILES string of the molecule is CC1(C)Cc2cc(N3CCCC3)ccc2C(=O)N1. The minimum atomic E-state index is -0.131. The number of fused-ring (bicyclic) bond motifs is 1. The van der Waals surface area contributed by atoms with E-state index in [2.05, 4.69) is 36.2 Å². The summed E-state index contributed by atoms with van der Waals surface area (Å²) < 4.78 is 0. The van der Waals surface area contributed by atoms with Crippen LogP contribution in [0.25, 0.3) is 0 Å². The van der Waals surface area contributed by atoms with Gasteiger partial charge in [0.05, 0.1) is 0 Å². The maximum atomic E-state index is 12.0. The molecule has 0 atom stereocenters. The van der Waals surface area contributed by atoms with Gasteiger partial charge >= 0.3 is 0 Å². The number of nitrogens with one attached hydrogen (secondary N) is 1. The molecule has 3 nitrogen and oxygen atoms in total. The highest BCUT2D eigenvalue weighted by Crippen LogP contribution is 2.28. The van der Waals surface area contributed by atoms with Gasteiger partial charge in [-0.25, -0.2) is 0 Å². The normalized spacial score (nSPS) is 21.7. The fourth-order valence-corrected chi connectivity index (χ4v) is 3.01. The average Bonchev–Trinajstić information content (AvgIpc) is 2.79. The molecule has 18 heavy (non-hydrogen) atoms. The molecule has 1 fully saturated rings. The van der Waals surface area contributed by atoms with Crippen LogP contribution in [0.2, 0.25) is 0 Å². The Bertz CT molecular complexity index is 487. The number of benzene rings is 1. The van der Waals surface area contributed by atoms with Crippen LogP contribution in [0, 0.1) is 0 Å². The van der Waals surface area contributed by atoms with Gasteiger partial charge in [0.2, 0.25) is 0 Å². The summed E-state index contributed by atoms with van der Waals surface area (Å²) in [4.78, 5) is 14.4. The highest BCUT2D eigenvalue weighted by molar-refractivity contribution is 5.97. The van der Waals surface area contributed by atoms with Crippen molar-refractivity contribution in [3.05, 3.63) is 29.3 Å². The zero-order valence-electron chi connectivity index (χ0n) is 11.1. The smallest absolute Gasteiger partial charge is 0.251 e. The monoisotopic (exact) mass is 244 g/mol. The number of nitrogens with zero attached hydrogens (tertiary/aromatic N) is 1. The number of hydrogen-bond donors (Lipinski definition) is 1. The van der Waals surface area contributed by atoms with Gasteiger partial charge in [-0.1, -0.05) is 0 Å². The van der Waals surface area contributed by atoms with Crippen LogP contribution >= 0.6 is 0 Å². The average molecular weight is 244 g/mol. The number of carbonyl (C=O) groups is 1. The number of anilines is 1. The molecule has 2 heterocycles.